The molecular weight excluding hydrogens is 148 g/mol. The molecule has 3 N–H and O–H groups in total. The number of nitrogens with two attached hydrogens (primary N) is 1. The lowest BCUT2D eigenvalue weighted by Gasteiger charge is -1.97. The van der Waals surface area contributed by atoms with Crippen LogP contribution in [0.1, 0.15) is 0 Å². The van der Waals surface area contributed by atoms with Crippen LogP contribution < -0.4 is 9.86 Å². The summed E-state index contributed by atoms with van der Waals surface area (Å²) in [5.41, 5.74) is 0. The topological polar surface area (TPSA) is 98.5 Å². The van der Waals surface area contributed by atoms with Crippen LogP contribution >= 0.6 is 0 Å². The maximum atomic E-state index is 10.0. The van der Waals surface area contributed by atoms with E-state index in [4.69, 9.17) is 0 Å². The van der Waals surface area contributed by atoms with Gasteiger partial charge in [0, 0.05) is 0 Å². The Balaban J connectivity index is 3.91. The Morgan fingerprint density at radius 1 is 1.67 bits per heavy atom. The smallest absolute Gasteiger partial charge is 0.421 e. The van der Waals surface area contributed by atoms with Gasteiger partial charge >= 0.3 is 16.3 Å². The molecule has 0 aromatic rings. The van der Waals surface area contributed by atoms with Crippen molar-refractivity contribution < 1.29 is 17.9 Å². The molecule has 1 amide bonds. The molecule has 0 heterocycles. The minimum Gasteiger partial charge on any atom is -0.452 e. The lowest BCUT2D eigenvalue weighted by atomic mass is 11.2. The van der Waals surface area contributed by atoms with Crippen LogP contribution in [-0.4, -0.2) is 21.6 Å². The summed E-state index contributed by atoms with van der Waals surface area (Å²) in [5, 5.41) is 4.37. The average Bonchev–Trinajstić information content (AvgIpc) is 1.62. The van der Waals surface area contributed by atoms with Crippen molar-refractivity contribution in [1.29, 1.82) is 0 Å². The minimum absolute atomic E-state index is 1.03. The molecule has 0 fully saturated rings. The highest BCUT2D eigenvalue weighted by Gasteiger charge is 2.06. The molecule has 0 rings (SSSR count). The first-order valence-corrected chi connectivity index (χ1v) is 3.39. The standard InChI is InChI=1S/C2H6N2O4S/c1-8-2(5)4-9(3,6)7/h1H3,(H,4,5)(H2,3,6,7). The van der Waals surface area contributed by atoms with Crippen molar-refractivity contribution in [3.8, 4) is 0 Å². The number of amides is 1. The second kappa shape index (κ2) is 2.65. The van der Waals surface area contributed by atoms with Crippen molar-refractivity contribution >= 4 is 16.3 Å². The van der Waals surface area contributed by atoms with Gasteiger partial charge in [0.25, 0.3) is 0 Å². The lowest BCUT2D eigenvalue weighted by Crippen LogP contribution is -2.35. The van der Waals surface area contributed by atoms with Gasteiger partial charge in [0.1, 0.15) is 0 Å². The van der Waals surface area contributed by atoms with E-state index >= 15 is 0 Å². The van der Waals surface area contributed by atoms with E-state index in [-0.39, 0.29) is 0 Å². The molecule has 7 heteroatoms. The van der Waals surface area contributed by atoms with E-state index in [0.717, 1.165) is 7.11 Å². The molecule has 0 aliphatic heterocycles. The van der Waals surface area contributed by atoms with Gasteiger partial charge < -0.3 is 4.74 Å². The van der Waals surface area contributed by atoms with Gasteiger partial charge in [0.2, 0.25) is 0 Å². The fourth-order valence-electron chi connectivity index (χ4n) is 0.158. The summed E-state index contributed by atoms with van der Waals surface area (Å²) in [6.07, 6.45) is -1.10. The molecule has 0 atom stereocenters. The third-order valence-corrected chi connectivity index (χ3v) is 0.862. The number of carbonyl (C=O) groups excluding carboxylic acids is 1. The first-order valence-electron chi connectivity index (χ1n) is 1.84. The monoisotopic (exact) mass is 154 g/mol. The summed E-state index contributed by atoms with van der Waals surface area (Å²) in [7, 11) is -2.93. The minimum atomic E-state index is -3.96. The number of carbonyl (C=O) groups is 1. The molecule has 0 bridgehead atoms. The van der Waals surface area contributed by atoms with Gasteiger partial charge in [-0.05, 0) is 0 Å². The molecule has 0 saturated heterocycles. The van der Waals surface area contributed by atoms with E-state index < -0.39 is 16.3 Å². The largest absolute Gasteiger partial charge is 0.452 e. The maximum Gasteiger partial charge on any atom is 0.421 e. The Labute approximate surface area is 52.2 Å². The van der Waals surface area contributed by atoms with E-state index in [1.165, 1.54) is 4.72 Å². The van der Waals surface area contributed by atoms with Crippen LogP contribution in [0.25, 0.3) is 0 Å². The number of nitrogens with one attached hydrogen (secondary N) is 1. The summed E-state index contributed by atoms with van der Waals surface area (Å²) in [5.74, 6) is 0. The third-order valence-electron chi connectivity index (χ3n) is 0.411. The van der Waals surface area contributed by atoms with E-state index in [0.29, 0.717) is 0 Å². The van der Waals surface area contributed by atoms with Crippen LogP contribution in [0, 0.1) is 0 Å². The van der Waals surface area contributed by atoms with Gasteiger partial charge in [-0.1, -0.05) is 0 Å². The Morgan fingerprint density at radius 3 is 2.22 bits per heavy atom. The van der Waals surface area contributed by atoms with Gasteiger partial charge in [-0.15, -0.1) is 0 Å². The molecule has 0 saturated carbocycles. The Morgan fingerprint density at radius 2 is 2.11 bits per heavy atom. The van der Waals surface area contributed by atoms with Crippen molar-refractivity contribution in [2.24, 2.45) is 5.14 Å². The van der Waals surface area contributed by atoms with Crippen LogP contribution in [0.15, 0.2) is 0 Å². The summed E-state index contributed by atoms with van der Waals surface area (Å²) < 4.78 is 25.2. The second-order valence-electron chi connectivity index (χ2n) is 1.14. The molecule has 0 aromatic carbocycles. The predicted molar refractivity (Wildman–Crippen MR) is 28.6 cm³/mol. The second-order valence-corrected chi connectivity index (χ2v) is 2.43. The molecule has 54 valence electrons. The van der Waals surface area contributed by atoms with Gasteiger partial charge in [-0.2, -0.15) is 8.42 Å². The number of hydrogen-bond acceptors (Lipinski definition) is 4. The highest BCUT2D eigenvalue weighted by Crippen LogP contribution is 1.72. The van der Waals surface area contributed by atoms with Crippen LogP contribution in [0.5, 0.6) is 0 Å². The Kier molecular flexibility index (Phi) is 2.41. The zero-order valence-corrected chi connectivity index (χ0v) is 5.44. The van der Waals surface area contributed by atoms with Crippen LogP contribution in [0.3, 0.4) is 0 Å². The maximum absolute atomic E-state index is 10.0. The van der Waals surface area contributed by atoms with Gasteiger partial charge in [-0.25, -0.2) is 14.7 Å². The van der Waals surface area contributed by atoms with Crippen LogP contribution in [0.2, 0.25) is 0 Å². The Hall–Kier alpha value is -0.820. The summed E-state index contributed by atoms with van der Waals surface area (Å²) >= 11 is 0. The number of rotatable bonds is 1. The van der Waals surface area contributed by atoms with E-state index in [9.17, 15) is 13.2 Å². The SMILES string of the molecule is COC(=O)NS(N)(=O)=O. The van der Waals surface area contributed by atoms with Gasteiger partial charge in [0.05, 0.1) is 7.11 Å². The third kappa shape index (κ3) is 5.04. The van der Waals surface area contributed by atoms with E-state index in [2.05, 4.69) is 9.88 Å². The zero-order chi connectivity index (χ0) is 7.49. The first-order chi connectivity index (χ1) is 3.95. The summed E-state index contributed by atoms with van der Waals surface area (Å²) in [6.45, 7) is 0. The van der Waals surface area contributed by atoms with Crippen LogP contribution in [-0.2, 0) is 14.9 Å². The molecule has 9 heavy (non-hydrogen) atoms. The molecule has 0 aromatic heterocycles. The average molecular weight is 154 g/mol. The lowest BCUT2D eigenvalue weighted by molar-refractivity contribution is 0.177. The van der Waals surface area contributed by atoms with Gasteiger partial charge in [0.15, 0.2) is 0 Å². The van der Waals surface area contributed by atoms with E-state index in [1.54, 1.807) is 0 Å². The molecule has 0 unspecified atom stereocenters. The predicted octanol–water partition coefficient (Wildman–Crippen LogP) is -1.45. The molecule has 0 aliphatic carbocycles. The van der Waals surface area contributed by atoms with Crippen molar-refractivity contribution in [3.05, 3.63) is 0 Å². The molecule has 0 radical (unpaired) electrons. The molecule has 0 spiro atoms. The van der Waals surface area contributed by atoms with Crippen molar-refractivity contribution in [3.63, 3.8) is 0 Å². The Bertz CT molecular complexity index is 195. The van der Waals surface area contributed by atoms with Crippen molar-refractivity contribution in [1.82, 2.24) is 4.72 Å². The first kappa shape index (κ1) is 8.18. The molecule has 6 nitrogen and oxygen atoms in total. The number of ether oxygens (including phenoxy) is 1. The van der Waals surface area contributed by atoms with Crippen LogP contribution in [0.4, 0.5) is 4.79 Å². The molecule has 0 aliphatic rings. The summed E-state index contributed by atoms with van der Waals surface area (Å²) in [4.78, 5) is 10.0. The fraction of sp³-hybridized carbons (Fsp3) is 0.500. The highest BCUT2D eigenvalue weighted by atomic mass is 32.2. The quantitative estimate of drug-likeness (QED) is 0.482. The molecular formula is C2H6N2O4S. The normalized spacial score (nSPS) is 10.4. The van der Waals surface area contributed by atoms with Crippen molar-refractivity contribution in [2.45, 2.75) is 0 Å². The van der Waals surface area contributed by atoms with E-state index in [1.807, 2.05) is 0 Å². The summed E-state index contributed by atoms with van der Waals surface area (Å²) in [6, 6.07) is 0. The fourth-order valence-corrected chi connectivity index (χ4v) is 0.473. The van der Waals surface area contributed by atoms with Crippen molar-refractivity contribution in [2.75, 3.05) is 7.11 Å². The van der Waals surface area contributed by atoms with Gasteiger partial charge in [-0.3, -0.25) is 0 Å². The number of hydrogen-bond donors (Lipinski definition) is 2. The zero-order valence-electron chi connectivity index (χ0n) is 4.62. The number of methoxy groups -OCH3 is 1. The highest BCUT2D eigenvalue weighted by molar-refractivity contribution is 7.87.